The van der Waals surface area contributed by atoms with Crippen LogP contribution in [-0.2, 0) is 4.79 Å². The Morgan fingerprint density at radius 3 is 1.82 bits per heavy atom. The summed E-state index contributed by atoms with van der Waals surface area (Å²) in [6.07, 6.45) is 0. The molecule has 11 heavy (non-hydrogen) atoms. The van der Waals surface area contributed by atoms with Crippen LogP contribution in [0.2, 0.25) is 0 Å². The second-order valence-corrected chi connectivity index (χ2v) is 2.09. The normalized spacial score (nSPS) is 16.2. The first-order valence-electron chi connectivity index (χ1n) is 2.64. The van der Waals surface area contributed by atoms with Gasteiger partial charge in [-0.15, -0.1) is 29.4 Å². The van der Waals surface area contributed by atoms with Crippen LogP contribution in [0.25, 0.3) is 0 Å². The molecule has 1 saturated heterocycles. The largest absolute Gasteiger partial charge is 0.326 e. The quantitative estimate of drug-likeness (QED) is 0.584. The van der Waals surface area contributed by atoms with Gasteiger partial charge >= 0.3 is 6.03 Å². The van der Waals surface area contributed by atoms with E-state index in [0.717, 1.165) is 4.90 Å². The van der Waals surface area contributed by atoms with Crippen LogP contribution in [0.3, 0.4) is 0 Å². The lowest BCUT2D eigenvalue weighted by atomic mass is 10.6. The van der Waals surface area contributed by atoms with Gasteiger partial charge in [-0.2, -0.15) is 0 Å². The van der Waals surface area contributed by atoms with Gasteiger partial charge in [0, 0.05) is 14.1 Å². The number of amides is 3. The maximum absolute atomic E-state index is 10.7. The van der Waals surface area contributed by atoms with Crippen LogP contribution in [-0.4, -0.2) is 42.4 Å². The first-order chi connectivity index (χ1) is 4.13. The van der Waals surface area contributed by atoms with Crippen LogP contribution in [0.15, 0.2) is 0 Å². The first kappa shape index (κ1) is 13.3. The van der Waals surface area contributed by atoms with Gasteiger partial charge in [-0.3, -0.25) is 9.69 Å². The zero-order valence-corrected chi connectivity index (χ0v) is 8.76. The van der Waals surface area contributed by atoms with Crippen molar-refractivity contribution in [2.45, 2.75) is 0 Å². The van der Waals surface area contributed by atoms with Crippen LogP contribution in [0.1, 0.15) is 0 Å². The summed E-state index contributed by atoms with van der Waals surface area (Å²) in [5.41, 5.74) is 0. The highest BCUT2D eigenvalue weighted by Crippen LogP contribution is 2.02. The summed E-state index contributed by atoms with van der Waals surface area (Å²) < 4.78 is 0. The zero-order chi connectivity index (χ0) is 7.02. The Labute approximate surface area is 81.7 Å². The lowest BCUT2D eigenvalue weighted by Crippen LogP contribution is -2.27. The van der Waals surface area contributed by atoms with E-state index in [9.17, 15) is 9.59 Å². The fourth-order valence-corrected chi connectivity index (χ4v) is 0.739. The summed E-state index contributed by atoms with van der Waals surface area (Å²) >= 11 is 0. The van der Waals surface area contributed by atoms with Gasteiger partial charge in [0.05, 0.1) is 0 Å². The predicted molar refractivity (Wildman–Crippen MR) is 48.4 cm³/mol. The van der Waals surface area contributed by atoms with Crippen molar-refractivity contribution in [3.05, 3.63) is 0 Å². The molecule has 0 aliphatic carbocycles. The molecule has 0 atom stereocenters. The van der Waals surface area contributed by atoms with Crippen LogP contribution in [0.4, 0.5) is 4.79 Å². The summed E-state index contributed by atoms with van der Waals surface area (Å²) in [6, 6.07) is -0.222. The molecule has 0 radical (unpaired) electrons. The average Bonchev–Trinajstić information content (AvgIpc) is 1.98. The number of carbonyl (C=O) groups is 2. The highest BCUT2D eigenvalue weighted by atomic mass is 79.9. The lowest BCUT2D eigenvalue weighted by Gasteiger charge is -2.05. The smallest absolute Gasteiger partial charge is 0.318 e. The van der Waals surface area contributed by atoms with E-state index in [2.05, 4.69) is 0 Å². The molecule has 1 rings (SSSR count). The van der Waals surface area contributed by atoms with Crippen molar-refractivity contribution >= 4 is 41.3 Å². The van der Waals surface area contributed by atoms with E-state index in [0.29, 0.717) is 0 Å². The van der Waals surface area contributed by atoms with Crippen molar-refractivity contribution in [3.8, 4) is 0 Å². The summed E-state index contributed by atoms with van der Waals surface area (Å²) in [4.78, 5) is 23.9. The topological polar surface area (TPSA) is 40.6 Å². The minimum Gasteiger partial charge on any atom is -0.318 e. The highest BCUT2D eigenvalue weighted by molar-refractivity contribution is 8.93. The minimum atomic E-state index is -0.222. The summed E-state index contributed by atoms with van der Waals surface area (Å²) in [5, 5.41) is 0. The fourth-order valence-electron chi connectivity index (χ4n) is 0.739. The number of rotatable bonds is 0. The van der Waals surface area contributed by atoms with Gasteiger partial charge in [0.2, 0.25) is 5.91 Å². The van der Waals surface area contributed by atoms with Crippen molar-refractivity contribution in [1.82, 2.24) is 9.80 Å². The molecule has 0 aromatic heterocycles. The number of urea groups is 1. The highest BCUT2D eigenvalue weighted by Gasteiger charge is 2.29. The van der Waals surface area contributed by atoms with Gasteiger partial charge in [0.25, 0.3) is 0 Å². The molecule has 0 unspecified atom stereocenters. The Bertz CT molecular complexity index is 176. The van der Waals surface area contributed by atoms with Gasteiger partial charge in [-0.25, -0.2) is 4.79 Å². The van der Waals surface area contributed by atoms with Gasteiger partial charge in [-0.05, 0) is 0 Å². The van der Waals surface area contributed by atoms with E-state index in [1.807, 2.05) is 0 Å². The molecule has 0 spiro atoms. The monoisotopic (exact) mass is 244 g/mol. The first-order valence-corrected chi connectivity index (χ1v) is 2.64. The molecule has 1 aliphatic rings. The number of likely N-dealkylation sites (N-methyl/N-ethyl adjacent to an activating group) is 2. The number of nitrogens with zero attached hydrogens (tertiary/aromatic N) is 2. The van der Waals surface area contributed by atoms with Crippen LogP contribution in [0.5, 0.6) is 0 Å². The van der Waals surface area contributed by atoms with E-state index in [1.165, 1.54) is 11.9 Å². The van der Waals surface area contributed by atoms with Crippen molar-refractivity contribution in [3.63, 3.8) is 0 Å². The van der Waals surface area contributed by atoms with Crippen molar-refractivity contribution in [2.24, 2.45) is 0 Å². The molecule has 1 heterocycles. The van der Waals surface area contributed by atoms with E-state index in [1.54, 1.807) is 7.05 Å². The minimum absolute atomic E-state index is 0. The molecule has 3 amide bonds. The number of halogens is 2. The SMILES string of the molecule is Br.CN1CC(=O)N(C)C1=O.Cl. The fraction of sp³-hybridized carbons (Fsp3) is 0.600. The third-order valence-corrected chi connectivity index (χ3v) is 1.36. The number of imide groups is 1. The molecule has 1 fully saturated rings. The number of hydrogen-bond donors (Lipinski definition) is 0. The van der Waals surface area contributed by atoms with E-state index >= 15 is 0 Å². The van der Waals surface area contributed by atoms with Crippen molar-refractivity contribution in [1.29, 1.82) is 0 Å². The van der Waals surface area contributed by atoms with E-state index < -0.39 is 0 Å². The van der Waals surface area contributed by atoms with Crippen molar-refractivity contribution < 1.29 is 9.59 Å². The molecule has 0 saturated carbocycles. The Kier molecular flexibility index (Phi) is 5.52. The standard InChI is InChI=1S/C5H8N2O2.BrH.ClH/c1-6-3-4(8)7(2)5(6)9;;/h3H2,1-2H3;2*1H. The molecule has 0 aromatic carbocycles. The van der Waals surface area contributed by atoms with Crippen molar-refractivity contribution in [2.75, 3.05) is 20.6 Å². The van der Waals surface area contributed by atoms with Gasteiger partial charge in [0.1, 0.15) is 6.54 Å². The van der Waals surface area contributed by atoms with Gasteiger partial charge < -0.3 is 4.90 Å². The van der Waals surface area contributed by atoms with Crippen LogP contribution >= 0.6 is 29.4 Å². The van der Waals surface area contributed by atoms with E-state index in [4.69, 9.17) is 0 Å². The molecule has 1 aliphatic heterocycles. The Hall–Kier alpha value is -0.290. The lowest BCUT2D eigenvalue weighted by molar-refractivity contribution is -0.124. The molecule has 0 bridgehead atoms. The molecular weight excluding hydrogens is 235 g/mol. The summed E-state index contributed by atoms with van der Waals surface area (Å²) in [6.45, 7) is 0.218. The second-order valence-electron chi connectivity index (χ2n) is 2.09. The average molecular weight is 246 g/mol. The number of carbonyl (C=O) groups excluding carboxylic acids is 2. The molecule has 4 nitrogen and oxygen atoms in total. The number of hydrogen-bond acceptors (Lipinski definition) is 2. The van der Waals surface area contributed by atoms with Gasteiger partial charge in [0.15, 0.2) is 0 Å². The summed E-state index contributed by atoms with van der Waals surface area (Å²) in [5.74, 6) is -0.137. The molecule has 6 heteroatoms. The van der Waals surface area contributed by atoms with Crippen LogP contribution in [0, 0.1) is 0 Å². The Morgan fingerprint density at radius 1 is 1.27 bits per heavy atom. The Balaban J connectivity index is 0. The third-order valence-electron chi connectivity index (χ3n) is 1.36. The molecule has 0 aromatic rings. The zero-order valence-electron chi connectivity index (χ0n) is 6.23. The Morgan fingerprint density at radius 2 is 1.73 bits per heavy atom. The van der Waals surface area contributed by atoms with E-state index in [-0.39, 0.29) is 47.9 Å². The summed E-state index contributed by atoms with van der Waals surface area (Å²) in [7, 11) is 3.08. The molecule has 66 valence electrons. The maximum atomic E-state index is 10.7. The maximum Gasteiger partial charge on any atom is 0.326 e. The van der Waals surface area contributed by atoms with Gasteiger partial charge in [-0.1, -0.05) is 0 Å². The molecular formula is C5H10BrClN2O2. The van der Waals surface area contributed by atoms with Crippen LogP contribution < -0.4 is 0 Å². The predicted octanol–water partition coefficient (Wildman–Crippen LogP) is 0.510. The molecule has 0 N–H and O–H groups in total. The third kappa shape index (κ3) is 2.34. The second kappa shape index (κ2) is 4.56.